The van der Waals surface area contributed by atoms with Gasteiger partial charge in [-0.2, -0.15) is 0 Å². The van der Waals surface area contributed by atoms with E-state index in [1.807, 2.05) is 0 Å². The van der Waals surface area contributed by atoms with Gasteiger partial charge in [0, 0.05) is 6.20 Å². The van der Waals surface area contributed by atoms with Gasteiger partial charge in [0.25, 0.3) is 0 Å². The van der Waals surface area contributed by atoms with E-state index in [2.05, 4.69) is 4.98 Å². The smallest absolute Gasteiger partial charge is 0.335 e. The van der Waals surface area contributed by atoms with E-state index in [0.717, 1.165) is 6.07 Å². The monoisotopic (exact) mass is 263 g/mol. The molecule has 5 nitrogen and oxygen atoms in total. The molecule has 0 unspecified atom stereocenters. The molecule has 1 aromatic heterocycles. The molecule has 2 rings (SSSR count). The van der Waals surface area contributed by atoms with E-state index in [0.29, 0.717) is 0 Å². The van der Waals surface area contributed by atoms with Crippen molar-refractivity contribution in [1.82, 2.24) is 4.98 Å². The molecular formula is C12H9NO4S. The molecule has 0 saturated heterocycles. The van der Waals surface area contributed by atoms with Gasteiger partial charge in [0.1, 0.15) is 0 Å². The van der Waals surface area contributed by atoms with Gasteiger partial charge in [-0.05, 0) is 24.3 Å². The molecule has 1 N–H and O–H groups in total. The lowest BCUT2D eigenvalue weighted by Crippen LogP contribution is -2.06. The van der Waals surface area contributed by atoms with Crippen molar-refractivity contribution >= 4 is 15.8 Å². The zero-order valence-electron chi connectivity index (χ0n) is 9.15. The van der Waals surface area contributed by atoms with E-state index in [4.69, 9.17) is 5.11 Å². The summed E-state index contributed by atoms with van der Waals surface area (Å²) in [6.45, 7) is 0. The number of carboxylic acids is 1. The van der Waals surface area contributed by atoms with Crippen molar-refractivity contribution in [2.24, 2.45) is 0 Å². The second-order valence-electron chi connectivity index (χ2n) is 3.50. The fourth-order valence-electron chi connectivity index (χ4n) is 1.41. The molecule has 0 aliphatic heterocycles. The minimum Gasteiger partial charge on any atom is -0.478 e. The number of hydrogen-bond acceptors (Lipinski definition) is 4. The summed E-state index contributed by atoms with van der Waals surface area (Å²) in [6.07, 6.45) is 1.17. The summed E-state index contributed by atoms with van der Waals surface area (Å²) in [7, 11) is -3.77. The number of carbonyl (C=O) groups is 1. The Labute approximate surface area is 104 Å². The highest BCUT2D eigenvalue weighted by molar-refractivity contribution is 7.91. The molecule has 0 saturated carbocycles. The number of benzene rings is 1. The Balaban J connectivity index is 2.55. The summed E-state index contributed by atoms with van der Waals surface area (Å²) in [5, 5.41) is 8.55. The normalized spacial score (nSPS) is 11.1. The number of sulfone groups is 1. The molecule has 0 amide bonds. The Morgan fingerprint density at radius 1 is 1.11 bits per heavy atom. The van der Waals surface area contributed by atoms with E-state index < -0.39 is 15.8 Å². The molecule has 0 aliphatic rings. The minimum atomic E-state index is -3.77. The van der Waals surface area contributed by atoms with Gasteiger partial charge < -0.3 is 5.11 Å². The molecule has 18 heavy (non-hydrogen) atoms. The van der Waals surface area contributed by atoms with Crippen LogP contribution in [-0.4, -0.2) is 24.5 Å². The van der Waals surface area contributed by atoms with Gasteiger partial charge in [-0.25, -0.2) is 18.2 Å². The van der Waals surface area contributed by atoms with Gasteiger partial charge in [-0.3, -0.25) is 0 Å². The average molecular weight is 263 g/mol. The highest BCUT2D eigenvalue weighted by Gasteiger charge is 2.20. The van der Waals surface area contributed by atoms with Crippen molar-refractivity contribution in [3.05, 3.63) is 54.2 Å². The van der Waals surface area contributed by atoms with Crippen molar-refractivity contribution in [3.8, 4) is 0 Å². The van der Waals surface area contributed by atoms with Crippen LogP contribution in [0, 0.1) is 0 Å². The third-order valence-corrected chi connectivity index (χ3v) is 3.98. The van der Waals surface area contributed by atoms with Crippen LogP contribution in [0.4, 0.5) is 0 Å². The Hall–Kier alpha value is -2.21. The van der Waals surface area contributed by atoms with Crippen molar-refractivity contribution in [2.45, 2.75) is 9.92 Å². The van der Waals surface area contributed by atoms with Gasteiger partial charge in [-0.1, -0.05) is 18.2 Å². The standard InChI is InChI=1S/C12H9NO4S/c14-12(15)9-6-7-13-11(8-9)18(16,17)10-4-2-1-3-5-10/h1-8H,(H,14,15). The minimum absolute atomic E-state index is 0.0834. The maximum absolute atomic E-state index is 12.2. The van der Waals surface area contributed by atoms with Crippen LogP contribution >= 0.6 is 0 Å². The lowest BCUT2D eigenvalue weighted by molar-refractivity contribution is 0.0696. The molecule has 1 aromatic carbocycles. The van der Waals surface area contributed by atoms with Crippen molar-refractivity contribution in [2.75, 3.05) is 0 Å². The highest BCUT2D eigenvalue weighted by atomic mass is 32.2. The fraction of sp³-hybridized carbons (Fsp3) is 0. The number of hydrogen-bond donors (Lipinski definition) is 1. The molecule has 6 heteroatoms. The second kappa shape index (κ2) is 4.58. The first-order valence-corrected chi connectivity index (χ1v) is 6.49. The van der Waals surface area contributed by atoms with Gasteiger partial charge >= 0.3 is 5.97 Å². The molecular weight excluding hydrogens is 254 g/mol. The first-order valence-electron chi connectivity index (χ1n) is 5.01. The summed E-state index contributed by atoms with van der Waals surface area (Å²) in [5.74, 6) is -1.19. The molecule has 0 radical (unpaired) electrons. The van der Waals surface area contributed by atoms with Crippen LogP contribution in [0.5, 0.6) is 0 Å². The maximum atomic E-state index is 12.2. The van der Waals surface area contributed by atoms with Crippen LogP contribution in [-0.2, 0) is 9.84 Å². The number of carboxylic acid groups (broad SMARTS) is 1. The first kappa shape index (κ1) is 12.3. The lowest BCUT2D eigenvalue weighted by Gasteiger charge is -2.04. The molecule has 92 valence electrons. The Kier molecular flexibility index (Phi) is 3.12. The average Bonchev–Trinajstić information content (AvgIpc) is 2.40. The van der Waals surface area contributed by atoms with Crippen LogP contribution in [0.1, 0.15) is 10.4 Å². The molecule has 0 fully saturated rings. The predicted octanol–water partition coefficient (Wildman–Crippen LogP) is 1.61. The number of nitrogens with zero attached hydrogens (tertiary/aromatic N) is 1. The molecule has 2 aromatic rings. The predicted molar refractivity (Wildman–Crippen MR) is 63.1 cm³/mol. The number of aromatic nitrogens is 1. The van der Waals surface area contributed by atoms with E-state index in [1.165, 1.54) is 24.4 Å². The third-order valence-electron chi connectivity index (χ3n) is 2.31. The summed E-state index contributed by atoms with van der Waals surface area (Å²) in [4.78, 5) is 14.6. The lowest BCUT2D eigenvalue weighted by atomic mass is 10.3. The summed E-state index contributed by atoms with van der Waals surface area (Å²) >= 11 is 0. The zero-order chi connectivity index (χ0) is 13.2. The van der Waals surface area contributed by atoms with Gasteiger partial charge in [0.05, 0.1) is 10.5 Å². The van der Waals surface area contributed by atoms with E-state index >= 15 is 0 Å². The second-order valence-corrected chi connectivity index (χ2v) is 5.40. The van der Waals surface area contributed by atoms with E-state index in [1.54, 1.807) is 18.2 Å². The number of rotatable bonds is 3. The number of aromatic carboxylic acids is 1. The van der Waals surface area contributed by atoms with Crippen molar-refractivity contribution < 1.29 is 18.3 Å². The Morgan fingerprint density at radius 3 is 2.39 bits per heavy atom. The maximum Gasteiger partial charge on any atom is 0.335 e. The number of pyridine rings is 1. The third kappa shape index (κ3) is 2.23. The molecule has 1 heterocycles. The topological polar surface area (TPSA) is 84.3 Å². The quantitative estimate of drug-likeness (QED) is 0.909. The summed E-state index contributed by atoms with van der Waals surface area (Å²) in [5.41, 5.74) is -0.112. The Morgan fingerprint density at radius 2 is 1.78 bits per heavy atom. The largest absolute Gasteiger partial charge is 0.478 e. The van der Waals surface area contributed by atoms with Crippen LogP contribution in [0.15, 0.2) is 58.6 Å². The van der Waals surface area contributed by atoms with Crippen LogP contribution in [0.3, 0.4) is 0 Å². The molecule has 0 aliphatic carbocycles. The highest BCUT2D eigenvalue weighted by Crippen LogP contribution is 2.19. The zero-order valence-corrected chi connectivity index (χ0v) is 9.96. The van der Waals surface area contributed by atoms with Gasteiger partial charge in [0.2, 0.25) is 9.84 Å². The van der Waals surface area contributed by atoms with Crippen LogP contribution in [0.2, 0.25) is 0 Å². The SMILES string of the molecule is O=C(O)c1ccnc(S(=O)(=O)c2ccccc2)c1. The Bertz CT molecular complexity index is 680. The van der Waals surface area contributed by atoms with E-state index in [9.17, 15) is 13.2 Å². The van der Waals surface area contributed by atoms with Crippen LogP contribution < -0.4 is 0 Å². The molecule has 0 bridgehead atoms. The van der Waals surface area contributed by atoms with Gasteiger partial charge in [-0.15, -0.1) is 0 Å². The first-order chi connectivity index (χ1) is 8.51. The van der Waals surface area contributed by atoms with E-state index in [-0.39, 0.29) is 15.5 Å². The van der Waals surface area contributed by atoms with Crippen molar-refractivity contribution in [1.29, 1.82) is 0 Å². The summed E-state index contributed by atoms with van der Waals surface area (Å²) < 4.78 is 24.3. The van der Waals surface area contributed by atoms with Gasteiger partial charge in [0.15, 0.2) is 5.03 Å². The summed E-state index contributed by atoms with van der Waals surface area (Å²) in [6, 6.07) is 10.0. The molecule has 0 spiro atoms. The van der Waals surface area contributed by atoms with Crippen LogP contribution in [0.25, 0.3) is 0 Å². The van der Waals surface area contributed by atoms with Crippen molar-refractivity contribution in [3.63, 3.8) is 0 Å². The molecule has 0 atom stereocenters. The fourth-order valence-corrected chi connectivity index (χ4v) is 2.65.